The molecule has 0 atom stereocenters. The molecular weight excluding hydrogens is 190 g/mol. The van der Waals surface area contributed by atoms with Crippen LogP contribution in [0.15, 0.2) is 11.2 Å². The number of thioether (sulfide) groups is 1. The average molecular weight is 199 g/mol. The maximum absolute atomic E-state index is 10.2. The molecule has 0 unspecified atom stereocenters. The molecule has 0 aliphatic carbocycles. The van der Waals surface area contributed by atoms with Crippen molar-refractivity contribution in [2.45, 2.75) is 12.1 Å². The van der Waals surface area contributed by atoms with Crippen LogP contribution in [0, 0.1) is 6.92 Å². The number of aryl methyl sites for hydroxylation is 1. The largest absolute Gasteiger partial charge is 0.481 e. The van der Waals surface area contributed by atoms with Gasteiger partial charge < -0.3 is 10.8 Å². The molecule has 0 fully saturated rings. The Labute approximate surface area is 79.4 Å². The molecular formula is C7H9N3O2S. The molecule has 1 aromatic rings. The van der Waals surface area contributed by atoms with Crippen LogP contribution in [0.1, 0.15) is 5.69 Å². The highest BCUT2D eigenvalue weighted by Gasteiger charge is 2.03. The van der Waals surface area contributed by atoms with Gasteiger partial charge in [-0.25, -0.2) is 9.97 Å². The first-order valence-electron chi connectivity index (χ1n) is 3.53. The quantitative estimate of drug-likeness (QED) is 0.545. The molecule has 0 saturated carbocycles. The van der Waals surface area contributed by atoms with Crippen LogP contribution in [0.25, 0.3) is 0 Å². The van der Waals surface area contributed by atoms with Crippen molar-refractivity contribution in [2.24, 2.45) is 0 Å². The van der Waals surface area contributed by atoms with Gasteiger partial charge in [-0.2, -0.15) is 0 Å². The van der Waals surface area contributed by atoms with Gasteiger partial charge in [0.05, 0.1) is 5.75 Å². The van der Waals surface area contributed by atoms with Crippen molar-refractivity contribution in [3.05, 3.63) is 11.8 Å². The number of nitrogen functional groups attached to an aromatic ring is 1. The third kappa shape index (κ3) is 3.29. The van der Waals surface area contributed by atoms with E-state index in [9.17, 15) is 4.79 Å². The van der Waals surface area contributed by atoms with Gasteiger partial charge >= 0.3 is 5.97 Å². The fourth-order valence-corrected chi connectivity index (χ4v) is 1.39. The Hall–Kier alpha value is -1.30. The van der Waals surface area contributed by atoms with Gasteiger partial charge in [-0.15, -0.1) is 0 Å². The third-order valence-electron chi connectivity index (χ3n) is 1.18. The number of carboxylic acids is 1. The van der Waals surface area contributed by atoms with E-state index in [1.807, 2.05) is 0 Å². The van der Waals surface area contributed by atoms with E-state index in [0.717, 1.165) is 17.5 Å². The first kappa shape index (κ1) is 9.79. The summed E-state index contributed by atoms with van der Waals surface area (Å²) in [5.74, 6) is -0.586. The minimum atomic E-state index is -0.895. The predicted octanol–water partition coefficient (Wildman–Crippen LogP) is 0.544. The summed E-state index contributed by atoms with van der Waals surface area (Å²) in [6.07, 6.45) is 0. The number of hydrogen-bond acceptors (Lipinski definition) is 5. The van der Waals surface area contributed by atoms with Gasteiger partial charge in [-0.3, -0.25) is 4.79 Å². The summed E-state index contributed by atoms with van der Waals surface area (Å²) in [6.45, 7) is 1.78. The van der Waals surface area contributed by atoms with Crippen LogP contribution in [0.5, 0.6) is 0 Å². The number of aliphatic carboxylic acids is 1. The standard InChI is InChI=1S/C7H9N3O2S/c1-4-2-5(8)10-7(9-4)13-3-6(11)12/h2H,3H2,1H3,(H,11,12)(H2,8,9,10). The number of hydrogen-bond donors (Lipinski definition) is 2. The van der Waals surface area contributed by atoms with Crippen molar-refractivity contribution in [3.8, 4) is 0 Å². The zero-order valence-corrected chi connectivity index (χ0v) is 7.84. The van der Waals surface area contributed by atoms with E-state index in [-0.39, 0.29) is 5.75 Å². The van der Waals surface area contributed by atoms with Crippen molar-refractivity contribution in [1.82, 2.24) is 9.97 Å². The van der Waals surface area contributed by atoms with Crippen molar-refractivity contribution in [1.29, 1.82) is 0 Å². The number of carbonyl (C=O) groups is 1. The number of anilines is 1. The zero-order chi connectivity index (χ0) is 9.84. The topological polar surface area (TPSA) is 89.1 Å². The molecule has 70 valence electrons. The maximum Gasteiger partial charge on any atom is 0.313 e. The molecule has 0 bridgehead atoms. The van der Waals surface area contributed by atoms with E-state index in [0.29, 0.717) is 11.0 Å². The third-order valence-corrected chi connectivity index (χ3v) is 2.01. The van der Waals surface area contributed by atoms with E-state index in [1.54, 1.807) is 13.0 Å². The summed E-state index contributed by atoms with van der Waals surface area (Å²) in [5.41, 5.74) is 6.19. The van der Waals surface area contributed by atoms with Gasteiger partial charge in [0.25, 0.3) is 0 Å². The van der Waals surface area contributed by atoms with Crippen LogP contribution in [-0.4, -0.2) is 26.8 Å². The first-order chi connectivity index (χ1) is 6.08. The summed E-state index contributed by atoms with van der Waals surface area (Å²) >= 11 is 1.06. The fourth-order valence-electron chi connectivity index (χ4n) is 0.756. The van der Waals surface area contributed by atoms with Crippen molar-refractivity contribution >= 4 is 23.5 Å². The highest BCUT2D eigenvalue weighted by atomic mass is 32.2. The first-order valence-corrected chi connectivity index (χ1v) is 4.52. The summed E-state index contributed by atoms with van der Waals surface area (Å²) < 4.78 is 0. The lowest BCUT2D eigenvalue weighted by molar-refractivity contribution is -0.133. The molecule has 0 saturated heterocycles. The molecule has 13 heavy (non-hydrogen) atoms. The molecule has 1 aromatic heterocycles. The van der Waals surface area contributed by atoms with Gasteiger partial charge in [0, 0.05) is 11.8 Å². The summed E-state index contributed by atoms with van der Waals surface area (Å²) in [4.78, 5) is 18.1. The van der Waals surface area contributed by atoms with E-state index in [2.05, 4.69) is 9.97 Å². The Kier molecular flexibility index (Phi) is 3.07. The van der Waals surface area contributed by atoms with Crippen LogP contribution in [0.3, 0.4) is 0 Å². The van der Waals surface area contributed by atoms with Crippen LogP contribution >= 0.6 is 11.8 Å². The summed E-state index contributed by atoms with van der Waals surface area (Å²) in [6, 6.07) is 1.63. The zero-order valence-electron chi connectivity index (χ0n) is 7.02. The molecule has 0 amide bonds. The van der Waals surface area contributed by atoms with Crippen LogP contribution in [0.2, 0.25) is 0 Å². The average Bonchev–Trinajstić information content (AvgIpc) is 1.99. The normalized spacial score (nSPS) is 9.92. The SMILES string of the molecule is Cc1cc(N)nc(SCC(=O)O)n1. The van der Waals surface area contributed by atoms with Crippen LogP contribution in [-0.2, 0) is 4.79 Å². The van der Waals surface area contributed by atoms with Crippen LogP contribution in [0.4, 0.5) is 5.82 Å². The number of nitrogens with two attached hydrogens (primary N) is 1. The molecule has 1 rings (SSSR count). The van der Waals surface area contributed by atoms with Gasteiger partial charge in [0.1, 0.15) is 5.82 Å². The summed E-state index contributed by atoms with van der Waals surface area (Å²) in [5, 5.41) is 8.81. The molecule has 5 nitrogen and oxygen atoms in total. The minimum absolute atomic E-state index is 0.0527. The van der Waals surface area contributed by atoms with Gasteiger partial charge in [0.2, 0.25) is 0 Å². The molecule has 1 heterocycles. The molecule has 6 heteroatoms. The number of nitrogens with zero attached hydrogens (tertiary/aromatic N) is 2. The van der Waals surface area contributed by atoms with E-state index >= 15 is 0 Å². The second-order valence-electron chi connectivity index (χ2n) is 2.40. The Morgan fingerprint density at radius 1 is 1.69 bits per heavy atom. The number of carboxylic acid groups (broad SMARTS) is 1. The second-order valence-corrected chi connectivity index (χ2v) is 3.34. The molecule has 0 spiro atoms. The monoisotopic (exact) mass is 199 g/mol. The van der Waals surface area contributed by atoms with E-state index < -0.39 is 5.97 Å². The Morgan fingerprint density at radius 3 is 2.92 bits per heavy atom. The lowest BCUT2D eigenvalue weighted by atomic mass is 10.4. The highest BCUT2D eigenvalue weighted by Crippen LogP contribution is 2.14. The van der Waals surface area contributed by atoms with Gasteiger partial charge in [-0.1, -0.05) is 11.8 Å². The van der Waals surface area contributed by atoms with Gasteiger partial charge in [-0.05, 0) is 6.92 Å². The van der Waals surface area contributed by atoms with Crippen molar-refractivity contribution in [3.63, 3.8) is 0 Å². The Morgan fingerprint density at radius 2 is 2.38 bits per heavy atom. The molecule has 3 N–H and O–H groups in total. The molecule has 0 aliphatic rings. The van der Waals surface area contributed by atoms with Crippen molar-refractivity contribution < 1.29 is 9.90 Å². The van der Waals surface area contributed by atoms with E-state index in [1.165, 1.54) is 0 Å². The maximum atomic E-state index is 10.2. The van der Waals surface area contributed by atoms with Gasteiger partial charge in [0.15, 0.2) is 5.16 Å². The molecule has 0 aromatic carbocycles. The minimum Gasteiger partial charge on any atom is -0.481 e. The smallest absolute Gasteiger partial charge is 0.313 e. The predicted molar refractivity (Wildman–Crippen MR) is 49.5 cm³/mol. The highest BCUT2D eigenvalue weighted by molar-refractivity contribution is 7.99. The Balaban J connectivity index is 2.71. The van der Waals surface area contributed by atoms with Crippen LogP contribution < -0.4 is 5.73 Å². The summed E-state index contributed by atoms with van der Waals surface area (Å²) in [7, 11) is 0. The lowest BCUT2D eigenvalue weighted by Crippen LogP contribution is -2.01. The number of rotatable bonds is 3. The van der Waals surface area contributed by atoms with Crippen molar-refractivity contribution in [2.75, 3.05) is 11.5 Å². The van der Waals surface area contributed by atoms with E-state index in [4.69, 9.17) is 10.8 Å². The fraction of sp³-hybridized carbons (Fsp3) is 0.286. The molecule has 0 radical (unpaired) electrons. The second kappa shape index (κ2) is 4.08. The molecule has 0 aliphatic heterocycles. The Bertz CT molecular complexity index is 309. The lowest BCUT2D eigenvalue weighted by Gasteiger charge is -1.99. The number of aromatic nitrogens is 2.